The Hall–Kier alpha value is -1.69. The molecule has 0 fully saturated rings. The Morgan fingerprint density at radius 1 is 1.29 bits per heavy atom. The first kappa shape index (κ1) is 13.4. The second-order valence-electron chi connectivity index (χ2n) is 3.45. The molecule has 17 heavy (non-hydrogen) atoms. The van der Waals surface area contributed by atoms with Gasteiger partial charge >= 0.3 is 5.97 Å². The van der Waals surface area contributed by atoms with Crippen LogP contribution in [0, 0.1) is 0 Å². The minimum atomic E-state index is -0.916. The molecule has 5 nitrogen and oxygen atoms in total. The molecule has 1 heterocycles. The lowest BCUT2D eigenvalue weighted by atomic mass is 10.2. The van der Waals surface area contributed by atoms with E-state index < -0.39 is 5.97 Å². The van der Waals surface area contributed by atoms with Crippen molar-refractivity contribution in [2.45, 2.75) is 19.3 Å². The third-order valence-electron chi connectivity index (χ3n) is 2.04. The molecule has 0 aromatic carbocycles. The van der Waals surface area contributed by atoms with Crippen LogP contribution in [0.15, 0.2) is 17.5 Å². The van der Waals surface area contributed by atoms with Crippen LogP contribution < -0.4 is 5.32 Å². The topological polar surface area (TPSA) is 83.5 Å². The number of nitrogens with one attached hydrogen (secondary N) is 1. The molecular weight excluding hydrogens is 242 g/mol. The van der Waals surface area contributed by atoms with Crippen molar-refractivity contribution < 1.29 is 19.5 Å². The van der Waals surface area contributed by atoms with E-state index in [0.29, 0.717) is 11.3 Å². The summed E-state index contributed by atoms with van der Waals surface area (Å²) in [6.07, 6.45) is 0.463. The summed E-state index contributed by atoms with van der Waals surface area (Å²) in [5.74, 6) is -1.34. The van der Waals surface area contributed by atoms with E-state index in [1.165, 1.54) is 11.3 Å². The number of carboxylic acid groups (broad SMARTS) is 1. The maximum absolute atomic E-state index is 11.4. The van der Waals surface area contributed by atoms with Crippen LogP contribution in [0.3, 0.4) is 0 Å². The van der Waals surface area contributed by atoms with Gasteiger partial charge in [0.2, 0.25) is 0 Å². The molecule has 0 saturated carbocycles. The number of carboxylic acids is 1. The summed E-state index contributed by atoms with van der Waals surface area (Å²) in [5.41, 5.74) is 0. The number of Topliss-reactive ketones (excluding diaryl/α,β-unsaturated/α-hetero) is 1. The predicted octanol–water partition coefficient (Wildman–Crippen LogP) is 1.30. The van der Waals surface area contributed by atoms with Crippen molar-refractivity contribution >= 4 is 29.0 Å². The molecule has 0 unspecified atom stereocenters. The van der Waals surface area contributed by atoms with Gasteiger partial charge in [0.25, 0.3) is 5.91 Å². The van der Waals surface area contributed by atoms with Gasteiger partial charge in [0.15, 0.2) is 5.78 Å². The first-order valence-electron chi connectivity index (χ1n) is 5.15. The van der Waals surface area contributed by atoms with Gasteiger partial charge in [-0.3, -0.25) is 14.4 Å². The van der Waals surface area contributed by atoms with Gasteiger partial charge in [-0.1, -0.05) is 6.07 Å². The molecule has 6 heteroatoms. The van der Waals surface area contributed by atoms with Crippen LogP contribution in [0.2, 0.25) is 0 Å². The van der Waals surface area contributed by atoms with Crippen LogP contribution in [0.4, 0.5) is 0 Å². The Kier molecular flexibility index (Phi) is 5.35. The fourth-order valence-corrected chi connectivity index (χ4v) is 1.84. The summed E-state index contributed by atoms with van der Waals surface area (Å²) in [5, 5.41) is 12.7. The highest BCUT2D eigenvalue weighted by Gasteiger charge is 2.09. The first-order chi connectivity index (χ1) is 8.09. The molecule has 0 aliphatic carbocycles. The monoisotopic (exact) mass is 255 g/mol. The summed E-state index contributed by atoms with van der Waals surface area (Å²) < 4.78 is 0. The molecule has 1 aromatic rings. The third kappa shape index (κ3) is 5.26. The van der Waals surface area contributed by atoms with Crippen molar-refractivity contribution in [1.29, 1.82) is 0 Å². The molecule has 0 bridgehead atoms. The molecule has 0 spiro atoms. The number of thiophene rings is 1. The number of aliphatic carboxylic acids is 1. The van der Waals surface area contributed by atoms with Crippen molar-refractivity contribution in [2.24, 2.45) is 0 Å². The van der Waals surface area contributed by atoms with Gasteiger partial charge in [-0.15, -0.1) is 11.3 Å². The Morgan fingerprint density at radius 2 is 2.06 bits per heavy atom. The number of rotatable bonds is 7. The zero-order chi connectivity index (χ0) is 12.7. The predicted molar refractivity (Wildman–Crippen MR) is 63.1 cm³/mol. The van der Waals surface area contributed by atoms with Crippen LogP contribution in [0.1, 0.15) is 28.9 Å². The Bertz CT molecular complexity index is 400. The van der Waals surface area contributed by atoms with Crippen molar-refractivity contribution in [2.75, 3.05) is 6.54 Å². The molecule has 0 atom stereocenters. The van der Waals surface area contributed by atoms with Gasteiger partial charge in [0, 0.05) is 12.8 Å². The molecule has 1 rings (SSSR count). The highest BCUT2D eigenvalue weighted by atomic mass is 32.1. The normalized spacial score (nSPS) is 9.88. The molecule has 0 aliphatic heterocycles. The van der Waals surface area contributed by atoms with Crippen molar-refractivity contribution in [3.8, 4) is 0 Å². The SMILES string of the molecule is O=C(O)CCCC(=O)CNC(=O)c1cccs1. The van der Waals surface area contributed by atoms with E-state index in [2.05, 4.69) is 5.32 Å². The van der Waals surface area contributed by atoms with E-state index in [4.69, 9.17) is 5.11 Å². The molecule has 0 saturated heterocycles. The van der Waals surface area contributed by atoms with Crippen molar-refractivity contribution in [3.05, 3.63) is 22.4 Å². The maximum atomic E-state index is 11.4. The quantitative estimate of drug-likeness (QED) is 0.769. The third-order valence-corrected chi connectivity index (χ3v) is 2.91. The van der Waals surface area contributed by atoms with Gasteiger partial charge in [-0.25, -0.2) is 0 Å². The molecule has 0 radical (unpaired) electrons. The Balaban J connectivity index is 2.20. The zero-order valence-electron chi connectivity index (χ0n) is 9.14. The van der Waals surface area contributed by atoms with Crippen LogP contribution in [-0.4, -0.2) is 29.3 Å². The summed E-state index contributed by atoms with van der Waals surface area (Å²) in [6, 6.07) is 3.43. The standard InChI is InChI=1S/C11H13NO4S/c13-8(3-1-5-10(14)15)7-12-11(16)9-4-2-6-17-9/h2,4,6H,1,3,5,7H2,(H,12,16)(H,14,15). The highest BCUT2D eigenvalue weighted by Crippen LogP contribution is 2.07. The van der Waals surface area contributed by atoms with Crippen LogP contribution in [-0.2, 0) is 9.59 Å². The maximum Gasteiger partial charge on any atom is 0.303 e. The molecule has 1 amide bonds. The van der Waals surface area contributed by atoms with E-state index in [9.17, 15) is 14.4 Å². The smallest absolute Gasteiger partial charge is 0.303 e. The number of hydrogen-bond donors (Lipinski definition) is 2. The minimum absolute atomic E-state index is 0.0232. The summed E-state index contributed by atoms with van der Waals surface area (Å²) >= 11 is 1.30. The van der Waals surface area contributed by atoms with E-state index in [1.54, 1.807) is 17.5 Å². The van der Waals surface area contributed by atoms with Crippen molar-refractivity contribution in [3.63, 3.8) is 0 Å². The van der Waals surface area contributed by atoms with E-state index in [-0.39, 0.29) is 31.1 Å². The van der Waals surface area contributed by atoms with E-state index >= 15 is 0 Å². The van der Waals surface area contributed by atoms with Gasteiger partial charge < -0.3 is 10.4 Å². The van der Waals surface area contributed by atoms with Gasteiger partial charge in [-0.05, 0) is 17.9 Å². The summed E-state index contributed by atoms with van der Waals surface area (Å²) in [7, 11) is 0. The second-order valence-corrected chi connectivity index (χ2v) is 4.39. The Morgan fingerprint density at radius 3 is 2.65 bits per heavy atom. The molecular formula is C11H13NO4S. The molecule has 0 aliphatic rings. The fraction of sp³-hybridized carbons (Fsp3) is 0.364. The Labute approximate surface area is 102 Å². The van der Waals surface area contributed by atoms with Crippen LogP contribution in [0.5, 0.6) is 0 Å². The lowest BCUT2D eigenvalue weighted by Crippen LogP contribution is -2.28. The van der Waals surface area contributed by atoms with Crippen LogP contribution in [0.25, 0.3) is 0 Å². The number of ketones is 1. The lowest BCUT2D eigenvalue weighted by molar-refractivity contribution is -0.137. The average molecular weight is 255 g/mol. The molecule has 92 valence electrons. The second kappa shape index (κ2) is 6.80. The van der Waals surface area contributed by atoms with Gasteiger partial charge in [0.1, 0.15) is 0 Å². The van der Waals surface area contributed by atoms with E-state index in [0.717, 1.165) is 0 Å². The minimum Gasteiger partial charge on any atom is -0.481 e. The summed E-state index contributed by atoms with van der Waals surface area (Å²) in [6.45, 7) is -0.0453. The van der Waals surface area contributed by atoms with Gasteiger partial charge in [0.05, 0.1) is 11.4 Å². The first-order valence-corrected chi connectivity index (χ1v) is 6.03. The highest BCUT2D eigenvalue weighted by molar-refractivity contribution is 7.12. The molecule has 2 N–H and O–H groups in total. The van der Waals surface area contributed by atoms with Crippen molar-refractivity contribution in [1.82, 2.24) is 5.32 Å². The molecule has 1 aromatic heterocycles. The zero-order valence-corrected chi connectivity index (χ0v) is 9.96. The number of carbonyl (C=O) groups is 3. The largest absolute Gasteiger partial charge is 0.481 e. The summed E-state index contributed by atoms with van der Waals surface area (Å²) in [4.78, 5) is 33.5. The average Bonchev–Trinajstić information content (AvgIpc) is 2.78. The number of carbonyl (C=O) groups excluding carboxylic acids is 2. The number of amides is 1. The van der Waals surface area contributed by atoms with Crippen LogP contribution >= 0.6 is 11.3 Å². The van der Waals surface area contributed by atoms with E-state index in [1.807, 2.05) is 0 Å². The fourth-order valence-electron chi connectivity index (χ4n) is 1.20. The number of hydrogen-bond acceptors (Lipinski definition) is 4. The lowest BCUT2D eigenvalue weighted by Gasteiger charge is -2.02. The van der Waals surface area contributed by atoms with Gasteiger partial charge in [-0.2, -0.15) is 0 Å².